The fourth-order valence-electron chi connectivity index (χ4n) is 1.65. The summed E-state index contributed by atoms with van der Waals surface area (Å²) in [5.41, 5.74) is -0.505. The number of aromatic nitrogens is 4. The molecule has 2 aromatic rings. The summed E-state index contributed by atoms with van der Waals surface area (Å²) in [4.78, 5) is 0. The molecule has 1 N–H and O–H groups in total. The first-order valence-corrected chi connectivity index (χ1v) is 6.96. The lowest BCUT2D eigenvalue weighted by molar-refractivity contribution is -0.137. The van der Waals surface area contributed by atoms with Gasteiger partial charge in [0, 0.05) is 10.5 Å². The number of nitrogens with zero attached hydrogens (tertiary/aromatic N) is 4. The van der Waals surface area contributed by atoms with Crippen molar-refractivity contribution >= 4 is 15.9 Å². The molecule has 114 valence electrons. The van der Waals surface area contributed by atoms with Crippen LogP contribution >= 0.6 is 15.9 Å². The molecule has 0 saturated heterocycles. The smallest absolute Gasteiger partial charge is 0.308 e. The van der Waals surface area contributed by atoms with Crippen LogP contribution in [0.1, 0.15) is 25.2 Å². The predicted molar refractivity (Wildman–Crippen MR) is 73.8 cm³/mol. The highest BCUT2D eigenvalue weighted by molar-refractivity contribution is 9.10. The van der Waals surface area contributed by atoms with Gasteiger partial charge < -0.3 is 5.32 Å². The number of benzene rings is 1. The Morgan fingerprint density at radius 2 is 2.05 bits per heavy atom. The van der Waals surface area contributed by atoms with Crippen LogP contribution in [0.5, 0.6) is 0 Å². The summed E-state index contributed by atoms with van der Waals surface area (Å²) >= 11 is 3.23. The number of hydrogen-bond acceptors (Lipinski definition) is 4. The van der Waals surface area contributed by atoms with E-state index in [1.165, 1.54) is 10.7 Å². The molecule has 0 saturated carbocycles. The molecule has 9 heteroatoms. The molecule has 0 aliphatic rings. The SMILES string of the molecule is CC(C)NCc1nnnn1-c1cc(C(F)(F)F)ccc1Br. The van der Waals surface area contributed by atoms with Gasteiger partial charge in [0.05, 0.1) is 17.8 Å². The standard InChI is InChI=1S/C12H13BrF3N5/c1-7(2)17-6-11-18-19-20-21(11)10-5-8(12(14,15)16)3-4-9(10)13/h3-5,7,17H,6H2,1-2H3. The van der Waals surface area contributed by atoms with Crippen molar-refractivity contribution in [1.29, 1.82) is 0 Å². The summed E-state index contributed by atoms with van der Waals surface area (Å²) in [5, 5.41) is 14.3. The molecule has 0 aliphatic heterocycles. The Labute approximate surface area is 127 Å². The quantitative estimate of drug-likeness (QED) is 0.907. The average Bonchev–Trinajstić information content (AvgIpc) is 2.83. The summed E-state index contributed by atoms with van der Waals surface area (Å²) in [7, 11) is 0. The molecule has 21 heavy (non-hydrogen) atoms. The first-order chi connectivity index (χ1) is 9.79. The fraction of sp³-hybridized carbons (Fsp3) is 0.417. The molecule has 1 heterocycles. The minimum absolute atomic E-state index is 0.208. The lowest BCUT2D eigenvalue weighted by Gasteiger charge is -2.12. The van der Waals surface area contributed by atoms with E-state index < -0.39 is 11.7 Å². The highest BCUT2D eigenvalue weighted by atomic mass is 79.9. The van der Waals surface area contributed by atoms with Crippen molar-refractivity contribution in [1.82, 2.24) is 25.5 Å². The molecule has 2 rings (SSSR count). The van der Waals surface area contributed by atoms with E-state index in [0.29, 0.717) is 16.8 Å². The third-order valence-electron chi connectivity index (χ3n) is 2.70. The monoisotopic (exact) mass is 363 g/mol. The van der Waals surface area contributed by atoms with Gasteiger partial charge in [-0.3, -0.25) is 0 Å². The second kappa shape index (κ2) is 6.10. The second-order valence-electron chi connectivity index (χ2n) is 4.71. The van der Waals surface area contributed by atoms with E-state index in [-0.39, 0.29) is 11.7 Å². The average molecular weight is 364 g/mol. The van der Waals surface area contributed by atoms with Gasteiger partial charge in [-0.15, -0.1) is 5.10 Å². The van der Waals surface area contributed by atoms with E-state index in [2.05, 4.69) is 36.8 Å². The normalized spacial score (nSPS) is 12.1. The van der Waals surface area contributed by atoms with Crippen molar-refractivity contribution in [2.24, 2.45) is 0 Å². The van der Waals surface area contributed by atoms with E-state index in [0.717, 1.165) is 12.1 Å². The Kier molecular flexibility index (Phi) is 4.62. The fourth-order valence-corrected chi connectivity index (χ4v) is 2.06. The van der Waals surface area contributed by atoms with E-state index in [1.807, 2.05) is 13.8 Å². The Balaban J connectivity index is 2.40. The summed E-state index contributed by atoms with van der Waals surface area (Å²) in [6.45, 7) is 4.26. The summed E-state index contributed by atoms with van der Waals surface area (Å²) in [6.07, 6.45) is -4.42. The lowest BCUT2D eigenvalue weighted by Crippen LogP contribution is -2.24. The largest absolute Gasteiger partial charge is 0.416 e. The molecule has 0 unspecified atom stereocenters. The van der Waals surface area contributed by atoms with Gasteiger partial charge in [-0.2, -0.15) is 17.9 Å². The maximum Gasteiger partial charge on any atom is 0.416 e. The molecule has 0 radical (unpaired) electrons. The van der Waals surface area contributed by atoms with E-state index >= 15 is 0 Å². The van der Waals surface area contributed by atoms with Crippen molar-refractivity contribution in [2.45, 2.75) is 32.6 Å². The third-order valence-corrected chi connectivity index (χ3v) is 3.37. The zero-order valence-electron chi connectivity index (χ0n) is 11.3. The van der Waals surface area contributed by atoms with E-state index in [4.69, 9.17) is 0 Å². The van der Waals surface area contributed by atoms with Crippen LogP contribution in [0.25, 0.3) is 5.69 Å². The minimum atomic E-state index is -4.42. The summed E-state index contributed by atoms with van der Waals surface area (Å²) < 4.78 is 40.2. The van der Waals surface area contributed by atoms with Crippen LogP contribution in [0.4, 0.5) is 13.2 Å². The number of alkyl halides is 3. The molecule has 0 spiro atoms. The number of rotatable bonds is 4. The van der Waals surface area contributed by atoms with Crippen LogP contribution in [0, 0.1) is 0 Å². The molecular weight excluding hydrogens is 351 g/mol. The first kappa shape index (κ1) is 15.9. The molecule has 0 bridgehead atoms. The van der Waals surface area contributed by atoms with Gasteiger partial charge in [-0.05, 0) is 44.6 Å². The first-order valence-electron chi connectivity index (χ1n) is 6.17. The molecule has 1 aromatic heterocycles. The van der Waals surface area contributed by atoms with Gasteiger partial charge in [-0.25, -0.2) is 0 Å². The van der Waals surface area contributed by atoms with E-state index in [1.54, 1.807) is 0 Å². The Morgan fingerprint density at radius 1 is 1.33 bits per heavy atom. The zero-order chi connectivity index (χ0) is 15.6. The highest BCUT2D eigenvalue weighted by Crippen LogP contribution is 2.33. The molecular formula is C12H13BrF3N5. The Hall–Kier alpha value is -1.48. The predicted octanol–water partition coefficient (Wildman–Crippen LogP) is 2.94. The molecule has 0 amide bonds. The molecule has 5 nitrogen and oxygen atoms in total. The summed E-state index contributed by atoms with van der Waals surface area (Å²) in [6, 6.07) is 3.56. The number of tetrazole rings is 1. The van der Waals surface area contributed by atoms with Crippen LogP contribution in [-0.2, 0) is 12.7 Å². The van der Waals surface area contributed by atoms with Crippen molar-refractivity contribution < 1.29 is 13.2 Å². The van der Waals surface area contributed by atoms with Crippen molar-refractivity contribution in [3.63, 3.8) is 0 Å². The van der Waals surface area contributed by atoms with Gasteiger partial charge in [-0.1, -0.05) is 13.8 Å². The Morgan fingerprint density at radius 3 is 2.67 bits per heavy atom. The second-order valence-corrected chi connectivity index (χ2v) is 5.56. The lowest BCUT2D eigenvalue weighted by atomic mass is 10.2. The van der Waals surface area contributed by atoms with Crippen LogP contribution in [-0.4, -0.2) is 26.2 Å². The van der Waals surface area contributed by atoms with Crippen LogP contribution in [0.2, 0.25) is 0 Å². The number of halogens is 4. The third kappa shape index (κ3) is 3.79. The van der Waals surface area contributed by atoms with Gasteiger partial charge >= 0.3 is 6.18 Å². The van der Waals surface area contributed by atoms with Gasteiger partial charge in [0.2, 0.25) is 0 Å². The number of hydrogen-bond donors (Lipinski definition) is 1. The van der Waals surface area contributed by atoms with Gasteiger partial charge in [0.25, 0.3) is 0 Å². The van der Waals surface area contributed by atoms with Crippen molar-refractivity contribution in [3.05, 3.63) is 34.1 Å². The molecule has 0 atom stereocenters. The highest BCUT2D eigenvalue weighted by Gasteiger charge is 2.31. The summed E-state index contributed by atoms with van der Waals surface area (Å²) in [5.74, 6) is 0.434. The van der Waals surface area contributed by atoms with E-state index in [9.17, 15) is 13.2 Å². The molecule has 0 fully saturated rings. The minimum Gasteiger partial charge on any atom is -0.308 e. The maximum atomic E-state index is 12.8. The van der Waals surface area contributed by atoms with Gasteiger partial charge in [0.1, 0.15) is 0 Å². The van der Waals surface area contributed by atoms with Crippen molar-refractivity contribution in [2.75, 3.05) is 0 Å². The van der Waals surface area contributed by atoms with Gasteiger partial charge in [0.15, 0.2) is 5.82 Å². The molecule has 1 aromatic carbocycles. The van der Waals surface area contributed by atoms with Crippen LogP contribution in [0.15, 0.2) is 22.7 Å². The van der Waals surface area contributed by atoms with Crippen LogP contribution in [0.3, 0.4) is 0 Å². The van der Waals surface area contributed by atoms with Crippen LogP contribution < -0.4 is 5.32 Å². The van der Waals surface area contributed by atoms with Crippen molar-refractivity contribution in [3.8, 4) is 5.69 Å². The number of nitrogens with one attached hydrogen (secondary N) is 1. The maximum absolute atomic E-state index is 12.8. The molecule has 0 aliphatic carbocycles. The zero-order valence-corrected chi connectivity index (χ0v) is 12.9. The Bertz CT molecular complexity index is 624. The topological polar surface area (TPSA) is 55.6 Å².